The monoisotopic (exact) mass is 266 g/mol. The van der Waals surface area contributed by atoms with Crippen LogP contribution < -0.4 is 0 Å². The number of amides is 2. The third kappa shape index (κ3) is 2.66. The molecular formula is C14H22N2O3. The Morgan fingerprint density at radius 2 is 2.00 bits per heavy atom. The van der Waals surface area contributed by atoms with E-state index in [0.29, 0.717) is 19.6 Å². The van der Waals surface area contributed by atoms with Crippen molar-refractivity contribution >= 4 is 11.8 Å². The molecule has 0 aromatic carbocycles. The van der Waals surface area contributed by atoms with Gasteiger partial charge in [-0.05, 0) is 19.3 Å². The Balaban J connectivity index is 1.94. The fourth-order valence-corrected chi connectivity index (χ4v) is 3.09. The van der Waals surface area contributed by atoms with Crippen molar-refractivity contribution in [2.75, 3.05) is 39.9 Å². The predicted octanol–water partition coefficient (Wildman–Crippen LogP) is 0.660. The third-order valence-corrected chi connectivity index (χ3v) is 4.29. The predicted molar refractivity (Wildman–Crippen MR) is 71.5 cm³/mol. The molecule has 2 amide bonds. The minimum atomic E-state index is -0.229. The summed E-state index contributed by atoms with van der Waals surface area (Å²) < 4.78 is 4.87. The summed E-state index contributed by atoms with van der Waals surface area (Å²) in [6, 6.07) is 0. The number of nitrogens with zero attached hydrogens (tertiary/aromatic N) is 2. The molecule has 2 aliphatic heterocycles. The lowest BCUT2D eigenvalue weighted by molar-refractivity contribution is -0.144. The van der Waals surface area contributed by atoms with Gasteiger partial charge in [0.15, 0.2) is 0 Å². The van der Waals surface area contributed by atoms with Gasteiger partial charge in [-0.3, -0.25) is 9.59 Å². The fraction of sp³-hybridized carbons (Fsp3) is 0.714. The first kappa shape index (κ1) is 14.1. The maximum Gasteiger partial charge on any atom is 0.248 e. The van der Waals surface area contributed by atoms with Gasteiger partial charge >= 0.3 is 0 Å². The van der Waals surface area contributed by atoms with Gasteiger partial charge < -0.3 is 14.5 Å². The maximum atomic E-state index is 12.4. The van der Waals surface area contributed by atoms with Crippen molar-refractivity contribution in [2.24, 2.45) is 5.41 Å². The van der Waals surface area contributed by atoms with Crippen LogP contribution in [0.3, 0.4) is 0 Å². The average molecular weight is 266 g/mol. The van der Waals surface area contributed by atoms with Crippen molar-refractivity contribution in [1.29, 1.82) is 0 Å². The van der Waals surface area contributed by atoms with Crippen molar-refractivity contribution in [2.45, 2.75) is 19.3 Å². The van der Waals surface area contributed by atoms with Crippen LogP contribution in [0.25, 0.3) is 0 Å². The summed E-state index contributed by atoms with van der Waals surface area (Å²) >= 11 is 0. The Kier molecular flexibility index (Phi) is 4.24. The van der Waals surface area contributed by atoms with Gasteiger partial charge in [-0.15, -0.1) is 6.58 Å². The molecule has 0 saturated carbocycles. The molecule has 2 fully saturated rings. The van der Waals surface area contributed by atoms with E-state index in [9.17, 15) is 9.59 Å². The second kappa shape index (κ2) is 5.74. The quantitative estimate of drug-likeness (QED) is 0.702. The molecule has 0 radical (unpaired) electrons. The van der Waals surface area contributed by atoms with E-state index >= 15 is 0 Å². The van der Waals surface area contributed by atoms with Gasteiger partial charge in [0, 0.05) is 33.3 Å². The van der Waals surface area contributed by atoms with Gasteiger partial charge in [0.1, 0.15) is 6.61 Å². The number of methoxy groups -OCH3 is 1. The normalized spacial score (nSPS) is 22.1. The van der Waals surface area contributed by atoms with Gasteiger partial charge in [-0.1, -0.05) is 6.08 Å². The molecule has 0 N–H and O–H groups in total. The Morgan fingerprint density at radius 3 is 2.58 bits per heavy atom. The lowest BCUT2D eigenvalue weighted by Gasteiger charge is -2.37. The van der Waals surface area contributed by atoms with Crippen LogP contribution in [0.5, 0.6) is 0 Å². The topological polar surface area (TPSA) is 49.9 Å². The summed E-state index contributed by atoms with van der Waals surface area (Å²) in [6.45, 7) is 6.59. The second-order valence-electron chi connectivity index (χ2n) is 5.38. The number of carbonyl (C=O) groups is 2. The van der Waals surface area contributed by atoms with Crippen LogP contribution in [0.4, 0.5) is 0 Å². The molecule has 0 unspecified atom stereocenters. The van der Waals surface area contributed by atoms with E-state index in [-0.39, 0.29) is 23.8 Å². The van der Waals surface area contributed by atoms with E-state index in [0.717, 1.165) is 25.8 Å². The van der Waals surface area contributed by atoms with Crippen molar-refractivity contribution in [3.8, 4) is 0 Å². The molecule has 0 aromatic rings. The molecule has 2 heterocycles. The fourth-order valence-electron chi connectivity index (χ4n) is 3.09. The van der Waals surface area contributed by atoms with Crippen molar-refractivity contribution < 1.29 is 14.3 Å². The van der Waals surface area contributed by atoms with E-state index in [1.54, 1.807) is 11.0 Å². The van der Waals surface area contributed by atoms with E-state index in [1.807, 2.05) is 4.90 Å². The highest BCUT2D eigenvalue weighted by atomic mass is 16.5. The molecule has 2 saturated heterocycles. The van der Waals surface area contributed by atoms with E-state index in [1.165, 1.54) is 7.11 Å². The van der Waals surface area contributed by atoms with Crippen molar-refractivity contribution in [3.05, 3.63) is 12.7 Å². The highest BCUT2D eigenvalue weighted by molar-refractivity contribution is 5.85. The summed E-state index contributed by atoms with van der Waals surface area (Å²) in [7, 11) is 1.52. The molecule has 0 bridgehead atoms. The first-order valence-electron chi connectivity index (χ1n) is 6.80. The molecule has 2 aliphatic rings. The number of carbonyl (C=O) groups excluding carboxylic acids is 2. The standard InChI is InChI=1S/C14H22N2O3/c1-3-7-16-10-6-14(13(16)18)4-8-15(9-5-14)12(17)11-19-2/h3H,1,4-11H2,2H3. The molecular weight excluding hydrogens is 244 g/mol. The van der Waals surface area contributed by atoms with Gasteiger partial charge in [0.05, 0.1) is 5.41 Å². The Bertz CT molecular complexity index is 373. The van der Waals surface area contributed by atoms with Crippen LogP contribution in [0.15, 0.2) is 12.7 Å². The number of rotatable bonds is 4. The maximum absolute atomic E-state index is 12.4. The third-order valence-electron chi connectivity index (χ3n) is 4.29. The summed E-state index contributed by atoms with van der Waals surface area (Å²) in [5.74, 6) is 0.261. The molecule has 5 nitrogen and oxygen atoms in total. The number of piperidine rings is 1. The van der Waals surface area contributed by atoms with E-state index < -0.39 is 0 Å². The first-order valence-corrected chi connectivity index (χ1v) is 6.80. The summed E-state index contributed by atoms with van der Waals surface area (Å²) in [5.41, 5.74) is -0.229. The van der Waals surface area contributed by atoms with Gasteiger partial charge in [-0.2, -0.15) is 0 Å². The lowest BCUT2D eigenvalue weighted by Crippen LogP contribution is -2.47. The van der Waals surface area contributed by atoms with Crippen LogP contribution in [-0.4, -0.2) is 61.5 Å². The summed E-state index contributed by atoms with van der Waals surface area (Å²) in [5, 5.41) is 0. The largest absolute Gasteiger partial charge is 0.375 e. The smallest absolute Gasteiger partial charge is 0.248 e. The number of hydrogen-bond acceptors (Lipinski definition) is 3. The van der Waals surface area contributed by atoms with Crippen LogP contribution in [-0.2, 0) is 14.3 Å². The van der Waals surface area contributed by atoms with Crippen LogP contribution in [0, 0.1) is 5.41 Å². The number of hydrogen-bond donors (Lipinski definition) is 0. The first-order chi connectivity index (χ1) is 9.13. The minimum Gasteiger partial charge on any atom is -0.375 e. The number of likely N-dealkylation sites (tertiary alicyclic amines) is 2. The molecule has 19 heavy (non-hydrogen) atoms. The van der Waals surface area contributed by atoms with E-state index in [4.69, 9.17) is 4.74 Å². The second-order valence-corrected chi connectivity index (χ2v) is 5.38. The van der Waals surface area contributed by atoms with Gasteiger partial charge in [-0.25, -0.2) is 0 Å². The lowest BCUT2D eigenvalue weighted by atomic mass is 9.77. The van der Waals surface area contributed by atoms with Gasteiger partial charge in [0.25, 0.3) is 0 Å². The highest BCUT2D eigenvalue weighted by Gasteiger charge is 2.48. The highest BCUT2D eigenvalue weighted by Crippen LogP contribution is 2.41. The van der Waals surface area contributed by atoms with Crippen LogP contribution in [0.1, 0.15) is 19.3 Å². The average Bonchev–Trinajstić information content (AvgIpc) is 2.70. The Hall–Kier alpha value is -1.36. The van der Waals surface area contributed by atoms with Crippen molar-refractivity contribution in [3.63, 3.8) is 0 Å². The zero-order valence-electron chi connectivity index (χ0n) is 11.6. The zero-order chi connectivity index (χ0) is 13.9. The van der Waals surface area contributed by atoms with Crippen LogP contribution >= 0.6 is 0 Å². The van der Waals surface area contributed by atoms with Crippen molar-refractivity contribution in [1.82, 2.24) is 9.80 Å². The molecule has 0 atom stereocenters. The molecule has 0 aromatic heterocycles. The van der Waals surface area contributed by atoms with Crippen LogP contribution in [0.2, 0.25) is 0 Å². The molecule has 2 rings (SSSR count). The van der Waals surface area contributed by atoms with Gasteiger partial charge in [0.2, 0.25) is 11.8 Å². The molecule has 1 spiro atoms. The van der Waals surface area contributed by atoms with E-state index in [2.05, 4.69) is 6.58 Å². The minimum absolute atomic E-state index is 0.0192. The zero-order valence-corrected chi connectivity index (χ0v) is 11.6. The Morgan fingerprint density at radius 1 is 1.37 bits per heavy atom. The summed E-state index contributed by atoms with van der Waals surface area (Å²) in [4.78, 5) is 27.8. The molecule has 106 valence electrons. The molecule has 5 heteroatoms. The Labute approximate surface area is 114 Å². The summed E-state index contributed by atoms with van der Waals surface area (Å²) in [6.07, 6.45) is 4.23. The number of ether oxygens (including phenoxy) is 1. The molecule has 0 aliphatic carbocycles. The SMILES string of the molecule is C=CCN1CCC2(CCN(C(=O)COC)CC2)C1=O.